The van der Waals surface area contributed by atoms with Crippen molar-refractivity contribution >= 4 is 113 Å². The van der Waals surface area contributed by atoms with Gasteiger partial charge in [0.05, 0.1) is 22.6 Å². The van der Waals surface area contributed by atoms with Crippen molar-refractivity contribution in [1.29, 1.82) is 0 Å². The summed E-state index contributed by atoms with van der Waals surface area (Å²) in [5.41, 5.74) is 28.2. The van der Waals surface area contributed by atoms with Crippen molar-refractivity contribution in [3.05, 3.63) is 245 Å². The van der Waals surface area contributed by atoms with E-state index in [1.54, 1.807) is 0 Å². The first kappa shape index (κ1) is 45.2. The quantitative estimate of drug-likeness (QED) is 0.141. The van der Waals surface area contributed by atoms with Gasteiger partial charge in [-0.3, -0.25) is 0 Å². The molecule has 5 nitrogen and oxygen atoms in total. The fourth-order valence-electron chi connectivity index (χ4n) is 11.8. The first-order chi connectivity index (χ1) is 36.0. The van der Waals surface area contributed by atoms with E-state index in [9.17, 15) is 0 Å². The van der Waals surface area contributed by atoms with Crippen molar-refractivity contribution in [3.63, 3.8) is 0 Å². The average Bonchev–Trinajstić information content (AvgIpc) is 3.70. The molecule has 0 spiro atoms. The average molecular weight is 956 g/mol. The number of rotatable bonds is 8. The fraction of sp³-hybridized carbons (Fsp3) is 0.118. The summed E-state index contributed by atoms with van der Waals surface area (Å²) < 4.78 is 2.44. The predicted octanol–water partition coefficient (Wildman–Crippen LogP) is 16.5. The van der Waals surface area contributed by atoms with Gasteiger partial charge in [-0.15, -0.1) is 0 Å². The summed E-state index contributed by atoms with van der Waals surface area (Å²) in [5, 5.41) is 2.46. The Bertz CT molecular complexity index is 3880. The van der Waals surface area contributed by atoms with Crippen LogP contribution < -0.4 is 36.0 Å². The maximum atomic E-state index is 2.62. The Morgan fingerprint density at radius 3 is 1.30 bits per heavy atom. The Morgan fingerprint density at radius 2 is 0.784 bits per heavy atom. The van der Waals surface area contributed by atoms with Gasteiger partial charge in [-0.05, 0) is 162 Å². The molecule has 6 heteroatoms. The van der Waals surface area contributed by atoms with Gasteiger partial charge in [0, 0.05) is 74.5 Å². The number of nitrogens with zero attached hydrogens (tertiary/aromatic N) is 5. The normalized spacial score (nSPS) is 12.5. The van der Waals surface area contributed by atoms with Gasteiger partial charge >= 0.3 is 0 Å². The second-order valence-corrected chi connectivity index (χ2v) is 20.9. The Labute approximate surface area is 435 Å². The monoisotopic (exact) mass is 955 g/mol. The highest BCUT2D eigenvalue weighted by atomic mass is 15.2. The largest absolute Gasteiger partial charge is 0.342 e. The molecule has 0 fully saturated rings. The highest BCUT2D eigenvalue weighted by molar-refractivity contribution is 7.00. The molecule has 11 aromatic rings. The first-order valence-electron chi connectivity index (χ1n) is 25.9. The number of aryl methyl sites for hydroxylation is 8. The minimum atomic E-state index is -0.144. The lowest BCUT2D eigenvalue weighted by molar-refractivity contribution is 1.01. The molecule has 0 amide bonds. The van der Waals surface area contributed by atoms with Gasteiger partial charge in [0.2, 0.25) is 0 Å². The maximum absolute atomic E-state index is 2.62. The summed E-state index contributed by atoms with van der Waals surface area (Å²) in [5.74, 6) is 0. The molecule has 0 N–H and O–H groups in total. The fourth-order valence-corrected chi connectivity index (χ4v) is 11.8. The number of benzene rings is 10. The van der Waals surface area contributed by atoms with E-state index in [4.69, 9.17) is 0 Å². The van der Waals surface area contributed by atoms with E-state index in [0.29, 0.717) is 0 Å². The predicted molar refractivity (Wildman–Crippen MR) is 317 cm³/mol. The van der Waals surface area contributed by atoms with E-state index >= 15 is 0 Å². The van der Waals surface area contributed by atoms with Crippen molar-refractivity contribution < 1.29 is 0 Å². The lowest BCUT2D eigenvalue weighted by Crippen LogP contribution is -2.61. The third kappa shape index (κ3) is 7.30. The van der Waals surface area contributed by atoms with Gasteiger partial charge in [-0.2, -0.15) is 0 Å². The lowest BCUT2D eigenvalue weighted by atomic mass is 9.33. The summed E-state index contributed by atoms with van der Waals surface area (Å²) in [7, 11) is 2.26. The molecule has 0 radical (unpaired) electrons. The highest BCUT2D eigenvalue weighted by Gasteiger charge is 2.46. The topological polar surface area (TPSA) is 17.9 Å². The van der Waals surface area contributed by atoms with Crippen LogP contribution >= 0.6 is 0 Å². The summed E-state index contributed by atoms with van der Waals surface area (Å²) >= 11 is 0. The Balaban J connectivity index is 1.24. The van der Waals surface area contributed by atoms with Crippen LogP contribution in [0, 0.1) is 48.5 Å². The van der Waals surface area contributed by atoms with Gasteiger partial charge in [0.15, 0.2) is 0 Å². The van der Waals surface area contributed by atoms with Crippen LogP contribution in [0.2, 0.25) is 0 Å². The zero-order chi connectivity index (χ0) is 50.5. The zero-order valence-corrected chi connectivity index (χ0v) is 43.4. The standard InChI is InChI=1S/C68H58BN5/c1-43-13-26-50(27-14-43)71(51-28-15-44(2)16-29-51)56-40-63-65-64(41-56)74(55-36-23-48(6)24-37-55)67-60(69(65)59-39-49(7)25-38-62(59)73(63)54-34-21-47(5)22-35-54)42-58-57-11-9-10-12-61(57)70(8)66(58)68(67)72(52-30-17-45(3)18-31-52)53-32-19-46(4)20-33-53/h9-42H,1-8H3. The molecule has 10 aromatic carbocycles. The zero-order valence-electron chi connectivity index (χ0n) is 43.4. The summed E-state index contributed by atoms with van der Waals surface area (Å²) in [6.07, 6.45) is 0. The molecular formula is C68H58BN5. The number of hydrogen-bond acceptors (Lipinski definition) is 4. The van der Waals surface area contributed by atoms with Crippen molar-refractivity contribution in [2.45, 2.75) is 48.5 Å². The van der Waals surface area contributed by atoms with Crippen LogP contribution in [0.5, 0.6) is 0 Å². The van der Waals surface area contributed by atoms with Gasteiger partial charge in [0.1, 0.15) is 0 Å². The molecule has 0 aliphatic carbocycles. The van der Waals surface area contributed by atoms with Crippen LogP contribution in [0.15, 0.2) is 206 Å². The van der Waals surface area contributed by atoms with E-state index in [-0.39, 0.29) is 6.71 Å². The van der Waals surface area contributed by atoms with E-state index in [0.717, 1.165) is 62.6 Å². The Hall–Kier alpha value is -8.74. The van der Waals surface area contributed by atoms with Crippen molar-refractivity contribution in [1.82, 2.24) is 4.57 Å². The van der Waals surface area contributed by atoms with Crippen LogP contribution in [0.4, 0.5) is 68.2 Å². The van der Waals surface area contributed by atoms with Gasteiger partial charge in [-0.1, -0.05) is 148 Å². The molecule has 0 saturated carbocycles. The molecular weight excluding hydrogens is 898 g/mol. The number of anilines is 12. The summed E-state index contributed by atoms with van der Waals surface area (Å²) in [6, 6.07) is 78.0. The second-order valence-electron chi connectivity index (χ2n) is 20.9. The van der Waals surface area contributed by atoms with Gasteiger partial charge < -0.3 is 24.2 Å². The summed E-state index contributed by atoms with van der Waals surface area (Å²) in [4.78, 5) is 10.1. The van der Waals surface area contributed by atoms with Crippen LogP contribution in [0.1, 0.15) is 38.9 Å². The number of para-hydroxylation sites is 1. The first-order valence-corrected chi connectivity index (χ1v) is 25.9. The molecule has 1 aromatic heterocycles. The highest BCUT2D eigenvalue weighted by Crippen LogP contribution is 2.54. The molecule has 2 aliphatic rings. The van der Waals surface area contributed by atoms with Gasteiger partial charge in [0.25, 0.3) is 6.71 Å². The minimum absolute atomic E-state index is 0.144. The molecule has 3 heterocycles. The molecule has 0 saturated heterocycles. The Morgan fingerprint density at radius 1 is 0.351 bits per heavy atom. The number of fused-ring (bicyclic) bond motifs is 7. The number of hydrogen-bond donors (Lipinski definition) is 0. The molecule has 0 unspecified atom stereocenters. The van der Waals surface area contributed by atoms with E-state index in [1.165, 1.54) is 82.8 Å². The molecule has 13 rings (SSSR count). The molecule has 2 aliphatic heterocycles. The van der Waals surface area contributed by atoms with Crippen LogP contribution in [0.3, 0.4) is 0 Å². The smallest absolute Gasteiger partial charge is 0.252 e. The van der Waals surface area contributed by atoms with Crippen LogP contribution in [-0.2, 0) is 7.05 Å². The summed E-state index contributed by atoms with van der Waals surface area (Å²) in [6.45, 7) is 15.2. The Kier molecular flexibility index (Phi) is 10.7. The van der Waals surface area contributed by atoms with E-state index in [2.05, 4.69) is 286 Å². The molecule has 358 valence electrons. The maximum Gasteiger partial charge on any atom is 0.252 e. The van der Waals surface area contributed by atoms with E-state index in [1.807, 2.05) is 0 Å². The van der Waals surface area contributed by atoms with E-state index < -0.39 is 0 Å². The number of aromatic nitrogens is 1. The van der Waals surface area contributed by atoms with Crippen molar-refractivity contribution in [2.75, 3.05) is 19.6 Å². The van der Waals surface area contributed by atoms with Crippen LogP contribution in [0.25, 0.3) is 21.8 Å². The SMILES string of the molecule is Cc1ccc(N(c2ccc(C)cc2)c2cc3c4c(c2)N(c2ccc(C)cc2)c2c(cc5c6ccccc6n(C)c5c2N(c2ccc(C)cc2)c2ccc(C)cc2)B4c2cc(C)ccc2N3c2ccc(C)cc2)cc1. The second kappa shape index (κ2) is 17.5. The third-order valence-electron chi connectivity index (χ3n) is 15.6. The van der Waals surface area contributed by atoms with Crippen molar-refractivity contribution in [3.8, 4) is 0 Å². The molecule has 0 bridgehead atoms. The third-order valence-corrected chi connectivity index (χ3v) is 15.6. The molecule has 0 atom stereocenters. The minimum Gasteiger partial charge on any atom is -0.342 e. The lowest BCUT2D eigenvalue weighted by Gasteiger charge is -2.46. The van der Waals surface area contributed by atoms with Crippen LogP contribution in [-0.4, -0.2) is 11.3 Å². The van der Waals surface area contributed by atoms with Crippen molar-refractivity contribution in [2.24, 2.45) is 7.05 Å². The molecule has 74 heavy (non-hydrogen) atoms. The van der Waals surface area contributed by atoms with Gasteiger partial charge in [-0.25, -0.2) is 0 Å².